The largest absolute Gasteiger partial charge is 0.668 e. The second kappa shape index (κ2) is 17.4. The van der Waals surface area contributed by atoms with Crippen LogP contribution >= 0.6 is 0 Å². The van der Waals surface area contributed by atoms with Gasteiger partial charge in [-0.1, -0.05) is 0 Å². The maximum Gasteiger partial charge on any atom is 0.668 e. The second-order valence-electron chi connectivity index (χ2n) is 0.600. The van der Waals surface area contributed by atoms with Crippen molar-refractivity contribution >= 4 is 49.5 Å². The van der Waals surface area contributed by atoms with Gasteiger partial charge in [0.25, 0.3) is 0 Å². The molecule has 1 radical (unpaired) electrons. The van der Waals surface area contributed by atoms with Gasteiger partial charge in [-0.2, -0.15) is 0 Å². The van der Waals surface area contributed by atoms with Crippen molar-refractivity contribution in [2.45, 2.75) is 0 Å². The first-order valence-electron chi connectivity index (χ1n) is 0.894. The average Bonchev–Trinajstić information content (AvgIpc) is 0.722. The van der Waals surface area contributed by atoms with Gasteiger partial charge >= 0.3 is 32.1 Å². The molecule has 10 heteroatoms. The molecular weight excluding hydrogens is 270 g/mol. The van der Waals surface area contributed by atoms with Gasteiger partial charge in [0.15, 0.2) is 17.4 Å². The van der Waals surface area contributed by atoms with Gasteiger partial charge in [0, 0.05) is 34.1 Å². The Kier molecular flexibility index (Phi) is 68.8. The fourth-order valence-corrected chi connectivity index (χ4v) is 0. The molecule has 0 heterocycles. The third-order valence-electron chi connectivity index (χ3n) is 0. The molecule has 0 aromatic heterocycles. The van der Waals surface area contributed by atoms with Gasteiger partial charge in [0.1, 0.15) is 0 Å². The molecule has 0 aliphatic carbocycles. The minimum absolute atomic E-state index is 0. The van der Waals surface area contributed by atoms with Crippen LogP contribution in [0.25, 0.3) is 0 Å². The Morgan fingerprint density at radius 3 is 0.900 bits per heavy atom. The minimum Gasteiger partial charge on any atom is -0.412 e. The molecule has 0 aliphatic rings. The standard InChI is InChI=1S/Al.Fe.Mg.Mn.H4O4Si.H2O.5H/c;;;;1-5(2,3)4;;;;;;/h;;;;1-4H;1H2;;;;;. The van der Waals surface area contributed by atoms with Gasteiger partial charge in [-0.25, -0.2) is 0 Å². The van der Waals surface area contributed by atoms with Crippen molar-refractivity contribution in [1.82, 2.24) is 0 Å². The fourth-order valence-electron chi connectivity index (χ4n) is 0. The molecule has 6 N–H and O–H groups in total. The summed E-state index contributed by atoms with van der Waals surface area (Å²) in [5.74, 6) is 0. The molecule has 5 nitrogen and oxygen atoms in total. The topological polar surface area (TPSA) is 112 Å². The first kappa shape index (κ1) is 39.4. The molecule has 0 rings (SSSR count). The summed E-state index contributed by atoms with van der Waals surface area (Å²) in [4.78, 5) is 29.3. The van der Waals surface area contributed by atoms with E-state index in [0.29, 0.717) is 0 Å². The summed E-state index contributed by atoms with van der Waals surface area (Å²) >= 11 is 0. The molecule has 0 fully saturated rings. The SMILES string of the molecule is O.O[Si](O)(O)O.[AlH3].[Fe].[MgH2].[Mn]. The van der Waals surface area contributed by atoms with Crippen molar-refractivity contribution in [3.63, 3.8) is 0 Å². The van der Waals surface area contributed by atoms with Crippen molar-refractivity contribution in [3.8, 4) is 0 Å². The van der Waals surface area contributed by atoms with E-state index < -0.39 is 9.05 Å². The van der Waals surface area contributed by atoms with Crippen LogP contribution in [0.5, 0.6) is 0 Å². The average molecular weight is 281 g/mol. The molecule has 0 aliphatic heterocycles. The first-order valence-corrected chi connectivity index (χ1v) is 2.68. The van der Waals surface area contributed by atoms with E-state index >= 15 is 0 Å². The molecule has 65 valence electrons. The normalized spacial score (nSPS) is 6.00. The van der Waals surface area contributed by atoms with E-state index in [1.54, 1.807) is 0 Å². The summed E-state index contributed by atoms with van der Waals surface area (Å²) in [5.41, 5.74) is 0. The predicted octanol–water partition coefficient (Wildman–Crippen LogP) is -5.54. The summed E-state index contributed by atoms with van der Waals surface area (Å²) in [5, 5.41) is 0. The van der Waals surface area contributed by atoms with Crippen LogP contribution in [0.15, 0.2) is 0 Å². The molecule has 0 saturated heterocycles. The van der Waals surface area contributed by atoms with Crippen LogP contribution in [-0.4, -0.2) is 74.1 Å². The zero-order valence-electron chi connectivity index (χ0n) is 3.52. The zero-order chi connectivity index (χ0) is 4.50. The maximum absolute atomic E-state index is 7.33. The van der Waals surface area contributed by atoms with E-state index in [4.69, 9.17) is 19.2 Å². The Bertz CT molecular complexity index is 37.1. The van der Waals surface area contributed by atoms with Gasteiger partial charge in [0.05, 0.1) is 0 Å². The van der Waals surface area contributed by atoms with Gasteiger partial charge < -0.3 is 24.7 Å². The molecule has 0 unspecified atom stereocenters. The maximum atomic E-state index is 7.33. The van der Waals surface area contributed by atoms with Crippen LogP contribution in [0.2, 0.25) is 0 Å². The Hall–Kier alpha value is 2.35. The summed E-state index contributed by atoms with van der Waals surface area (Å²) < 4.78 is 0. The van der Waals surface area contributed by atoms with Crippen molar-refractivity contribution in [2.75, 3.05) is 0 Å². The van der Waals surface area contributed by atoms with Crippen LogP contribution < -0.4 is 0 Å². The van der Waals surface area contributed by atoms with E-state index in [0.717, 1.165) is 0 Å². The van der Waals surface area contributed by atoms with Crippen molar-refractivity contribution in [1.29, 1.82) is 0 Å². The molecule has 0 aromatic carbocycles. The molecule has 0 spiro atoms. The van der Waals surface area contributed by atoms with Gasteiger partial charge in [-0.15, -0.1) is 0 Å². The third-order valence-corrected chi connectivity index (χ3v) is 0. The molecule has 0 amide bonds. The summed E-state index contributed by atoms with van der Waals surface area (Å²) in [6, 6.07) is 0. The van der Waals surface area contributed by atoms with E-state index in [-0.39, 0.29) is 80.0 Å². The molecule has 0 bridgehead atoms. The summed E-state index contributed by atoms with van der Waals surface area (Å²) in [6.07, 6.45) is 0. The molecular formula is H11AlFeMgMnO5Si. The van der Waals surface area contributed by atoms with Crippen molar-refractivity contribution in [2.24, 2.45) is 0 Å². The first-order chi connectivity index (χ1) is 2.00. The van der Waals surface area contributed by atoms with Gasteiger partial charge in [-0.3, -0.25) is 0 Å². The van der Waals surface area contributed by atoms with Crippen LogP contribution in [0.4, 0.5) is 0 Å². The Morgan fingerprint density at radius 2 is 0.900 bits per heavy atom. The zero-order valence-corrected chi connectivity index (χ0v) is 6.80. The van der Waals surface area contributed by atoms with E-state index in [1.807, 2.05) is 0 Å². The van der Waals surface area contributed by atoms with Gasteiger partial charge in [0.2, 0.25) is 0 Å². The fraction of sp³-hybridized carbons (Fsp3) is 0. The monoisotopic (exact) mass is 281 g/mol. The Labute approximate surface area is 107 Å². The number of hydrogen-bond donors (Lipinski definition) is 4. The number of hydrogen-bond acceptors (Lipinski definition) is 4. The van der Waals surface area contributed by atoms with E-state index in [9.17, 15) is 0 Å². The van der Waals surface area contributed by atoms with Crippen LogP contribution in [0.1, 0.15) is 0 Å². The van der Waals surface area contributed by atoms with Gasteiger partial charge in [-0.05, 0) is 0 Å². The van der Waals surface area contributed by atoms with Crippen LogP contribution in [0.3, 0.4) is 0 Å². The van der Waals surface area contributed by atoms with Crippen molar-refractivity contribution in [3.05, 3.63) is 0 Å². The predicted molar refractivity (Wildman–Crippen MR) is 36.7 cm³/mol. The molecule has 0 aromatic rings. The van der Waals surface area contributed by atoms with Crippen molar-refractivity contribution < 1.29 is 58.8 Å². The quantitative estimate of drug-likeness (QED) is 0.332. The minimum atomic E-state index is -4.61. The molecule has 0 atom stereocenters. The van der Waals surface area contributed by atoms with E-state index in [1.165, 1.54) is 0 Å². The number of rotatable bonds is 0. The second-order valence-corrected chi connectivity index (χ2v) is 1.80. The van der Waals surface area contributed by atoms with Crippen LogP contribution in [0, 0.1) is 0 Å². The van der Waals surface area contributed by atoms with E-state index in [2.05, 4.69) is 0 Å². The van der Waals surface area contributed by atoms with Crippen LogP contribution in [-0.2, 0) is 34.1 Å². The molecule has 10 heavy (non-hydrogen) atoms. The smallest absolute Gasteiger partial charge is 0.412 e. The summed E-state index contributed by atoms with van der Waals surface area (Å²) in [7, 11) is -4.61. The Morgan fingerprint density at radius 1 is 0.900 bits per heavy atom. The Balaban J connectivity index is -0.00000000800. The third kappa shape index (κ3) is 163. The molecule has 0 saturated carbocycles. The summed E-state index contributed by atoms with van der Waals surface area (Å²) in [6.45, 7) is 0.